The monoisotopic (exact) mass is 176 g/mol. The van der Waals surface area contributed by atoms with E-state index >= 15 is 0 Å². The normalized spacial score (nSPS) is 22.7. The predicted octanol–water partition coefficient (Wildman–Crippen LogP) is 1.52. The van der Waals surface area contributed by atoms with Crippen molar-refractivity contribution in [2.75, 3.05) is 19.3 Å². The van der Waals surface area contributed by atoms with E-state index in [1.54, 1.807) is 0 Å². The maximum absolute atomic E-state index is 5.87. The number of anilines is 1. The van der Waals surface area contributed by atoms with Crippen molar-refractivity contribution in [3.63, 3.8) is 0 Å². The number of likely N-dealkylation sites (N-methyl/N-ethyl adjacent to an activating group) is 1. The highest BCUT2D eigenvalue weighted by molar-refractivity contribution is 5.46. The van der Waals surface area contributed by atoms with E-state index in [4.69, 9.17) is 5.73 Å². The molecule has 1 aliphatic heterocycles. The molecule has 1 unspecified atom stereocenters. The molecule has 0 spiro atoms. The van der Waals surface area contributed by atoms with Crippen LogP contribution >= 0.6 is 0 Å². The van der Waals surface area contributed by atoms with Gasteiger partial charge in [0.05, 0.1) is 0 Å². The smallest absolute Gasteiger partial charge is 0.0347 e. The van der Waals surface area contributed by atoms with Crippen molar-refractivity contribution in [3.8, 4) is 0 Å². The third kappa shape index (κ3) is 1.68. The van der Waals surface area contributed by atoms with Crippen molar-refractivity contribution >= 4 is 5.69 Å². The van der Waals surface area contributed by atoms with Gasteiger partial charge < -0.3 is 10.6 Å². The molecule has 1 atom stereocenters. The number of para-hydroxylation sites is 1. The second-order valence-electron chi connectivity index (χ2n) is 3.83. The second kappa shape index (κ2) is 3.38. The Bertz CT molecular complexity index is 296. The molecule has 0 radical (unpaired) electrons. The first kappa shape index (κ1) is 8.57. The van der Waals surface area contributed by atoms with Crippen molar-refractivity contribution in [3.05, 3.63) is 29.8 Å². The van der Waals surface area contributed by atoms with Gasteiger partial charge in [0.1, 0.15) is 0 Å². The molecule has 0 saturated carbocycles. The lowest BCUT2D eigenvalue weighted by molar-refractivity contribution is 0.127. The van der Waals surface area contributed by atoms with Gasteiger partial charge in [0.25, 0.3) is 0 Å². The average molecular weight is 176 g/mol. The fourth-order valence-electron chi connectivity index (χ4n) is 1.80. The molecule has 1 saturated heterocycles. The summed E-state index contributed by atoms with van der Waals surface area (Å²) < 4.78 is 0. The van der Waals surface area contributed by atoms with Gasteiger partial charge in [0, 0.05) is 11.7 Å². The van der Waals surface area contributed by atoms with Gasteiger partial charge in [-0.1, -0.05) is 18.2 Å². The first-order valence-electron chi connectivity index (χ1n) is 4.81. The molecule has 0 aromatic heterocycles. The fourth-order valence-corrected chi connectivity index (χ4v) is 1.80. The highest BCUT2D eigenvalue weighted by Gasteiger charge is 2.24. The van der Waals surface area contributed by atoms with Crippen LogP contribution in [0.25, 0.3) is 0 Å². The quantitative estimate of drug-likeness (QED) is 0.692. The zero-order chi connectivity index (χ0) is 9.26. The number of hydrogen-bond acceptors (Lipinski definition) is 2. The van der Waals surface area contributed by atoms with E-state index in [9.17, 15) is 0 Å². The zero-order valence-corrected chi connectivity index (χ0v) is 8.03. The highest BCUT2D eigenvalue weighted by atomic mass is 15.2. The third-order valence-corrected chi connectivity index (χ3v) is 2.95. The molecule has 0 amide bonds. The Morgan fingerprint density at radius 3 is 2.77 bits per heavy atom. The molecule has 0 aliphatic carbocycles. The van der Waals surface area contributed by atoms with Crippen LogP contribution in [0, 0.1) is 0 Å². The number of rotatable bonds is 2. The number of nitrogen functional groups attached to an aromatic ring is 1. The summed E-state index contributed by atoms with van der Waals surface area (Å²) in [5, 5.41) is 0. The lowest BCUT2D eigenvalue weighted by atomic mass is 9.95. The molecule has 1 aliphatic rings. The van der Waals surface area contributed by atoms with Crippen LogP contribution in [-0.2, 0) is 6.42 Å². The van der Waals surface area contributed by atoms with Gasteiger partial charge in [-0.15, -0.1) is 0 Å². The first-order valence-corrected chi connectivity index (χ1v) is 4.81. The molecule has 2 rings (SSSR count). The van der Waals surface area contributed by atoms with E-state index in [2.05, 4.69) is 24.1 Å². The number of nitrogens with zero attached hydrogens (tertiary/aromatic N) is 1. The van der Waals surface area contributed by atoms with Crippen LogP contribution in [0.5, 0.6) is 0 Å². The number of hydrogen-bond donors (Lipinski definition) is 1. The molecular formula is C11H16N2. The number of benzene rings is 1. The predicted molar refractivity (Wildman–Crippen MR) is 55.6 cm³/mol. The van der Waals surface area contributed by atoms with Gasteiger partial charge in [-0.05, 0) is 38.1 Å². The summed E-state index contributed by atoms with van der Waals surface area (Å²) in [5.74, 6) is 0. The fraction of sp³-hybridized carbons (Fsp3) is 0.455. The minimum atomic E-state index is 0.713. The van der Waals surface area contributed by atoms with Gasteiger partial charge in [-0.25, -0.2) is 0 Å². The van der Waals surface area contributed by atoms with Crippen molar-refractivity contribution in [1.82, 2.24) is 4.90 Å². The van der Waals surface area contributed by atoms with Gasteiger partial charge in [-0.2, -0.15) is 0 Å². The van der Waals surface area contributed by atoms with Gasteiger partial charge in [-0.3, -0.25) is 0 Å². The minimum Gasteiger partial charge on any atom is -0.399 e. The Morgan fingerprint density at radius 1 is 1.46 bits per heavy atom. The summed E-state index contributed by atoms with van der Waals surface area (Å²) in [7, 11) is 2.17. The molecule has 2 heteroatoms. The van der Waals surface area contributed by atoms with Crippen LogP contribution in [0.4, 0.5) is 5.69 Å². The Morgan fingerprint density at radius 2 is 2.23 bits per heavy atom. The molecule has 0 bridgehead atoms. The van der Waals surface area contributed by atoms with Crippen molar-refractivity contribution < 1.29 is 0 Å². The second-order valence-corrected chi connectivity index (χ2v) is 3.83. The highest BCUT2D eigenvalue weighted by Crippen LogP contribution is 2.21. The number of nitrogens with two attached hydrogens (primary N) is 1. The average Bonchev–Trinajstić information content (AvgIpc) is 2.14. The summed E-state index contributed by atoms with van der Waals surface area (Å²) in [6.45, 7) is 1.23. The standard InChI is InChI=1S/C11H16N2/c1-13-7-6-10(13)8-9-4-2-3-5-11(9)12/h2-5,10H,6-8,12H2,1H3. The maximum atomic E-state index is 5.87. The van der Waals surface area contributed by atoms with Crippen LogP contribution in [0.15, 0.2) is 24.3 Å². The minimum absolute atomic E-state index is 0.713. The summed E-state index contributed by atoms with van der Waals surface area (Å²) in [5.41, 5.74) is 8.10. The lowest BCUT2D eigenvalue weighted by Gasteiger charge is -2.38. The molecule has 70 valence electrons. The topological polar surface area (TPSA) is 29.3 Å². The van der Waals surface area contributed by atoms with E-state index in [1.165, 1.54) is 18.5 Å². The Kier molecular flexibility index (Phi) is 2.23. The van der Waals surface area contributed by atoms with E-state index in [0.717, 1.165) is 12.1 Å². The molecule has 2 nitrogen and oxygen atoms in total. The van der Waals surface area contributed by atoms with Crippen LogP contribution in [0.1, 0.15) is 12.0 Å². The zero-order valence-electron chi connectivity index (χ0n) is 8.03. The lowest BCUT2D eigenvalue weighted by Crippen LogP contribution is -2.45. The van der Waals surface area contributed by atoms with E-state index in [-0.39, 0.29) is 0 Å². The van der Waals surface area contributed by atoms with E-state index in [0.29, 0.717) is 6.04 Å². The van der Waals surface area contributed by atoms with Gasteiger partial charge in [0.2, 0.25) is 0 Å². The van der Waals surface area contributed by atoms with Crippen molar-refractivity contribution in [1.29, 1.82) is 0 Å². The summed E-state index contributed by atoms with van der Waals surface area (Å²) >= 11 is 0. The summed E-state index contributed by atoms with van der Waals surface area (Å²) in [6.07, 6.45) is 2.41. The Balaban J connectivity index is 2.05. The van der Waals surface area contributed by atoms with Gasteiger partial charge in [0.15, 0.2) is 0 Å². The SMILES string of the molecule is CN1CCC1Cc1ccccc1N. The molecule has 2 N–H and O–H groups in total. The van der Waals surface area contributed by atoms with Gasteiger partial charge >= 0.3 is 0 Å². The Hall–Kier alpha value is -1.02. The van der Waals surface area contributed by atoms with Crippen LogP contribution in [-0.4, -0.2) is 24.5 Å². The molecule has 1 aromatic rings. The van der Waals surface area contributed by atoms with Crippen LogP contribution in [0.3, 0.4) is 0 Å². The van der Waals surface area contributed by atoms with Crippen LogP contribution < -0.4 is 5.73 Å². The summed E-state index contributed by atoms with van der Waals surface area (Å²) in [4.78, 5) is 2.38. The Labute approximate surface area is 79.4 Å². The van der Waals surface area contributed by atoms with E-state index in [1.807, 2.05) is 12.1 Å². The first-order chi connectivity index (χ1) is 6.27. The maximum Gasteiger partial charge on any atom is 0.0347 e. The molecule has 1 heterocycles. The summed E-state index contributed by atoms with van der Waals surface area (Å²) in [6, 6.07) is 8.87. The van der Waals surface area contributed by atoms with Crippen molar-refractivity contribution in [2.24, 2.45) is 0 Å². The van der Waals surface area contributed by atoms with Crippen molar-refractivity contribution in [2.45, 2.75) is 18.9 Å². The molecule has 13 heavy (non-hydrogen) atoms. The van der Waals surface area contributed by atoms with Crippen LogP contribution in [0.2, 0.25) is 0 Å². The molecule has 1 aromatic carbocycles. The molecule has 1 fully saturated rings. The third-order valence-electron chi connectivity index (χ3n) is 2.95. The largest absolute Gasteiger partial charge is 0.399 e. The van der Waals surface area contributed by atoms with E-state index < -0.39 is 0 Å². The molecular weight excluding hydrogens is 160 g/mol. The number of likely N-dealkylation sites (tertiary alicyclic amines) is 1.